The number of nitrogens with zero attached hydrogens (tertiary/aromatic N) is 1. The van der Waals surface area contributed by atoms with Gasteiger partial charge in [0.05, 0.1) is 18.5 Å². The minimum atomic E-state index is -0.937. The van der Waals surface area contributed by atoms with Crippen molar-refractivity contribution < 1.29 is 19.4 Å². The predicted octanol–water partition coefficient (Wildman–Crippen LogP) is 7.30. The van der Waals surface area contributed by atoms with Crippen molar-refractivity contribution >= 4 is 6.16 Å². The van der Waals surface area contributed by atoms with Gasteiger partial charge in [0.15, 0.2) is 0 Å². The predicted molar refractivity (Wildman–Crippen MR) is 166 cm³/mol. The summed E-state index contributed by atoms with van der Waals surface area (Å²) in [5, 5.41) is 16.6. The molecule has 0 spiro atoms. The molecule has 0 saturated heterocycles. The molecule has 4 aliphatic rings. The molecular weight excluding hydrogens is 526 g/mol. The molecule has 238 valence electrons. The van der Waals surface area contributed by atoms with Crippen molar-refractivity contribution in [3.63, 3.8) is 0 Å². The van der Waals surface area contributed by atoms with Gasteiger partial charge >= 0.3 is 6.16 Å². The zero-order chi connectivity index (χ0) is 30.1. The van der Waals surface area contributed by atoms with E-state index in [4.69, 9.17) is 9.47 Å². The van der Waals surface area contributed by atoms with Crippen molar-refractivity contribution in [3.05, 3.63) is 18.2 Å². The lowest BCUT2D eigenvalue weighted by Crippen LogP contribution is -2.71. The molecule has 5 rings (SSSR count). The third-order valence-electron chi connectivity index (χ3n) is 12.9. The van der Waals surface area contributed by atoms with E-state index in [9.17, 15) is 9.90 Å². The van der Waals surface area contributed by atoms with Gasteiger partial charge in [-0.15, -0.1) is 0 Å². The number of fused-ring (bicyclic) bond motifs is 5. The number of nitrogens with one attached hydrogen (secondary N) is 2. The SMILES string of the molecule is CCOC(=O)O[C@H]1CC[C@]2(C)[C@H]3CC[C@]4(C)[C@@H](C(C)CCCC(C)C)CC[C@H]4[C@@H]3C[C@@H](NCCc3cnc[nH]3)[C@@]2(O)C1. The van der Waals surface area contributed by atoms with E-state index in [2.05, 4.69) is 49.9 Å². The summed E-state index contributed by atoms with van der Waals surface area (Å²) < 4.78 is 10.9. The van der Waals surface area contributed by atoms with Crippen LogP contribution in [0.4, 0.5) is 4.79 Å². The zero-order valence-corrected chi connectivity index (χ0v) is 27.3. The third-order valence-corrected chi connectivity index (χ3v) is 12.9. The Balaban J connectivity index is 1.37. The van der Waals surface area contributed by atoms with Gasteiger partial charge in [-0.3, -0.25) is 0 Å². The summed E-state index contributed by atoms with van der Waals surface area (Å²) in [5.41, 5.74) is 0.356. The van der Waals surface area contributed by atoms with Crippen LogP contribution in [0.1, 0.15) is 118 Å². The minimum Gasteiger partial charge on any atom is -0.435 e. The van der Waals surface area contributed by atoms with Crippen molar-refractivity contribution in [3.8, 4) is 0 Å². The molecule has 1 heterocycles. The molecule has 7 nitrogen and oxygen atoms in total. The summed E-state index contributed by atoms with van der Waals surface area (Å²) in [7, 11) is 0. The Hall–Kier alpha value is -1.60. The molecule has 42 heavy (non-hydrogen) atoms. The molecule has 3 N–H and O–H groups in total. The molecule has 10 atom stereocenters. The average molecular weight is 586 g/mol. The van der Waals surface area contributed by atoms with E-state index in [1.807, 2.05) is 6.20 Å². The van der Waals surface area contributed by atoms with Gasteiger partial charge in [-0.05, 0) is 92.8 Å². The van der Waals surface area contributed by atoms with E-state index in [1.54, 1.807) is 13.3 Å². The second kappa shape index (κ2) is 12.8. The highest BCUT2D eigenvalue weighted by Crippen LogP contribution is 2.69. The Morgan fingerprint density at radius 3 is 2.67 bits per heavy atom. The van der Waals surface area contributed by atoms with Gasteiger partial charge in [0.1, 0.15) is 6.10 Å². The van der Waals surface area contributed by atoms with Crippen LogP contribution in [-0.2, 0) is 15.9 Å². The van der Waals surface area contributed by atoms with Gasteiger partial charge in [-0.25, -0.2) is 9.78 Å². The molecule has 1 unspecified atom stereocenters. The molecule has 4 aliphatic carbocycles. The summed E-state index contributed by atoms with van der Waals surface area (Å²) in [4.78, 5) is 19.7. The number of aromatic nitrogens is 2. The van der Waals surface area contributed by atoms with E-state index in [1.165, 1.54) is 44.9 Å². The first-order chi connectivity index (χ1) is 20.0. The fourth-order valence-corrected chi connectivity index (χ4v) is 10.7. The van der Waals surface area contributed by atoms with Gasteiger partial charge in [0.2, 0.25) is 0 Å². The van der Waals surface area contributed by atoms with Gasteiger partial charge < -0.3 is 24.9 Å². The number of aliphatic hydroxyl groups is 1. The first-order valence-electron chi connectivity index (χ1n) is 17.3. The highest BCUT2D eigenvalue weighted by molar-refractivity contribution is 5.60. The summed E-state index contributed by atoms with van der Waals surface area (Å²) in [6, 6.07) is -0.0369. The number of carbonyl (C=O) groups is 1. The Morgan fingerprint density at radius 1 is 1.14 bits per heavy atom. The van der Waals surface area contributed by atoms with Crippen LogP contribution in [0.3, 0.4) is 0 Å². The standard InChI is InChI=1S/C35H59N3O4/c1-7-41-32(39)42-26-13-17-34(6)30-14-16-33(5)28(24(4)10-8-9-23(2)3)11-12-29(33)27(30)19-31(35(34,40)20-26)37-18-15-25-21-36-22-38-25/h21-24,26-31,37,40H,7-20H2,1-6H3,(H,36,38)/t24?,26-,27-,28+,29-,30-,31+,33+,34+,35-/m0/s1. The highest BCUT2D eigenvalue weighted by Gasteiger charge is 2.67. The van der Waals surface area contributed by atoms with Crippen molar-refractivity contribution in [1.29, 1.82) is 0 Å². The maximum atomic E-state index is 12.8. The number of rotatable bonds is 11. The average Bonchev–Trinajstić information content (AvgIpc) is 3.57. The maximum absolute atomic E-state index is 12.8. The third kappa shape index (κ3) is 5.90. The molecule has 0 bridgehead atoms. The lowest BCUT2D eigenvalue weighted by molar-refractivity contribution is -0.235. The van der Waals surface area contributed by atoms with Gasteiger partial charge in [0, 0.05) is 42.7 Å². The Kier molecular flexibility index (Phi) is 9.69. The summed E-state index contributed by atoms with van der Waals surface area (Å²) >= 11 is 0. The van der Waals surface area contributed by atoms with Gasteiger partial charge in [-0.2, -0.15) is 0 Å². The van der Waals surface area contributed by atoms with E-state index < -0.39 is 11.8 Å². The quantitative estimate of drug-likeness (QED) is 0.236. The van der Waals surface area contributed by atoms with Crippen molar-refractivity contribution in [2.45, 2.75) is 136 Å². The van der Waals surface area contributed by atoms with Crippen molar-refractivity contribution in [1.82, 2.24) is 15.3 Å². The van der Waals surface area contributed by atoms with E-state index in [0.29, 0.717) is 30.3 Å². The molecule has 0 aromatic carbocycles. The van der Waals surface area contributed by atoms with Crippen LogP contribution in [0.15, 0.2) is 12.5 Å². The molecular formula is C35H59N3O4. The lowest BCUT2D eigenvalue weighted by Gasteiger charge is -2.66. The number of imidazole rings is 1. The molecule has 4 fully saturated rings. The molecule has 1 aromatic rings. The number of aromatic amines is 1. The Morgan fingerprint density at radius 2 is 1.95 bits per heavy atom. The molecule has 0 radical (unpaired) electrons. The lowest BCUT2D eigenvalue weighted by atomic mass is 9.42. The number of H-pyrrole nitrogens is 1. The van der Waals surface area contributed by atoms with Gasteiger partial charge in [0.25, 0.3) is 0 Å². The molecule has 0 aliphatic heterocycles. The summed E-state index contributed by atoms with van der Waals surface area (Å²) in [5.74, 6) is 4.23. The molecule has 4 saturated carbocycles. The largest absolute Gasteiger partial charge is 0.508 e. The number of hydrogen-bond donors (Lipinski definition) is 3. The fraction of sp³-hybridized carbons (Fsp3) is 0.886. The molecule has 1 aromatic heterocycles. The molecule has 0 amide bonds. The monoisotopic (exact) mass is 585 g/mol. The van der Waals surface area contributed by atoms with Gasteiger partial charge in [-0.1, -0.05) is 53.9 Å². The highest BCUT2D eigenvalue weighted by atomic mass is 16.7. The number of ether oxygens (including phenoxy) is 2. The van der Waals surface area contributed by atoms with Crippen LogP contribution in [0.2, 0.25) is 0 Å². The summed E-state index contributed by atoms with van der Waals surface area (Å²) in [6.45, 7) is 15.1. The maximum Gasteiger partial charge on any atom is 0.508 e. The topological polar surface area (TPSA) is 96.5 Å². The van der Waals surface area contributed by atoms with Crippen LogP contribution >= 0.6 is 0 Å². The molecule has 7 heteroatoms. The van der Waals surface area contributed by atoms with Crippen LogP contribution in [0.5, 0.6) is 0 Å². The first-order valence-corrected chi connectivity index (χ1v) is 17.3. The second-order valence-corrected chi connectivity index (χ2v) is 15.5. The fourth-order valence-electron chi connectivity index (χ4n) is 10.7. The smallest absolute Gasteiger partial charge is 0.435 e. The number of carbonyl (C=O) groups excluding carboxylic acids is 1. The van der Waals surface area contributed by atoms with Crippen LogP contribution in [-0.4, -0.2) is 52.1 Å². The van der Waals surface area contributed by atoms with Crippen LogP contribution < -0.4 is 5.32 Å². The first kappa shape index (κ1) is 31.8. The minimum absolute atomic E-state index is 0.0369. The Bertz CT molecular complexity index is 1030. The van der Waals surface area contributed by atoms with Crippen LogP contribution in [0.25, 0.3) is 0 Å². The number of hydrogen-bond acceptors (Lipinski definition) is 6. The second-order valence-electron chi connectivity index (χ2n) is 15.5. The van der Waals surface area contributed by atoms with Crippen molar-refractivity contribution in [2.75, 3.05) is 13.2 Å². The zero-order valence-electron chi connectivity index (χ0n) is 27.3. The van der Waals surface area contributed by atoms with Crippen molar-refractivity contribution in [2.24, 2.45) is 46.3 Å². The van der Waals surface area contributed by atoms with Crippen LogP contribution in [0, 0.1) is 46.3 Å². The van der Waals surface area contributed by atoms with E-state index in [-0.39, 0.29) is 17.6 Å². The normalized spacial score (nSPS) is 40.2. The van der Waals surface area contributed by atoms with E-state index >= 15 is 0 Å². The Labute approximate surface area is 254 Å². The summed E-state index contributed by atoms with van der Waals surface area (Å²) in [6.07, 6.45) is 15.9. The van der Waals surface area contributed by atoms with E-state index in [0.717, 1.165) is 61.6 Å².